The van der Waals surface area contributed by atoms with Gasteiger partial charge in [-0.2, -0.15) is 0 Å². The van der Waals surface area contributed by atoms with Gasteiger partial charge >= 0.3 is 5.97 Å². The summed E-state index contributed by atoms with van der Waals surface area (Å²) in [4.78, 5) is 19.5. The van der Waals surface area contributed by atoms with E-state index in [1.165, 1.54) is 6.20 Å². The number of nitrogens with zero attached hydrogens (tertiary/aromatic N) is 2. The number of carboxylic acid groups (broad SMARTS) is 1. The molecule has 0 bridgehead atoms. The number of carbonyl (C=O) groups is 1. The van der Waals surface area contributed by atoms with E-state index in [2.05, 4.69) is 21.9 Å². The number of nitrogens with one attached hydrogen (secondary N) is 1. The molecule has 4 N–H and O–H groups in total. The molecule has 0 spiro atoms. The van der Waals surface area contributed by atoms with E-state index in [4.69, 9.17) is 5.73 Å². The first-order chi connectivity index (χ1) is 11.5. The molecule has 0 aromatic heterocycles. The zero-order valence-corrected chi connectivity index (χ0v) is 13.7. The molecule has 126 valence electrons. The third kappa shape index (κ3) is 4.10. The SMILES string of the molecule is C=CNC(=CC(N)=NC)N=CCc1ccc(C2(C(=O)O)CC2)cc1. The second kappa shape index (κ2) is 7.59. The Bertz CT molecular complexity index is 698. The van der Waals surface area contributed by atoms with Crippen molar-refractivity contribution >= 4 is 18.0 Å². The minimum Gasteiger partial charge on any atom is -0.481 e. The maximum Gasteiger partial charge on any atom is 0.314 e. The van der Waals surface area contributed by atoms with Gasteiger partial charge in [-0.05, 0) is 30.2 Å². The average molecular weight is 326 g/mol. The highest BCUT2D eigenvalue weighted by Gasteiger charge is 2.51. The number of amidine groups is 1. The van der Waals surface area contributed by atoms with Gasteiger partial charge in [0.1, 0.15) is 11.7 Å². The fourth-order valence-corrected chi connectivity index (χ4v) is 2.39. The lowest BCUT2D eigenvalue weighted by Crippen LogP contribution is -2.19. The van der Waals surface area contributed by atoms with Crippen LogP contribution in [0.25, 0.3) is 0 Å². The molecule has 0 unspecified atom stereocenters. The van der Waals surface area contributed by atoms with Crippen LogP contribution in [0.2, 0.25) is 0 Å². The smallest absolute Gasteiger partial charge is 0.314 e. The van der Waals surface area contributed by atoms with Gasteiger partial charge in [0.2, 0.25) is 0 Å². The van der Waals surface area contributed by atoms with Crippen LogP contribution in [-0.2, 0) is 16.6 Å². The van der Waals surface area contributed by atoms with Crippen LogP contribution >= 0.6 is 0 Å². The van der Waals surface area contributed by atoms with Crippen LogP contribution < -0.4 is 11.1 Å². The highest BCUT2D eigenvalue weighted by atomic mass is 16.4. The predicted octanol–water partition coefficient (Wildman–Crippen LogP) is 1.98. The Hall–Kier alpha value is -2.89. The van der Waals surface area contributed by atoms with Crippen molar-refractivity contribution in [1.29, 1.82) is 0 Å². The molecule has 1 aromatic rings. The summed E-state index contributed by atoms with van der Waals surface area (Å²) in [7, 11) is 1.60. The van der Waals surface area contributed by atoms with Gasteiger partial charge < -0.3 is 16.2 Å². The first-order valence-electron chi connectivity index (χ1n) is 7.68. The van der Waals surface area contributed by atoms with Crippen LogP contribution in [0.1, 0.15) is 24.0 Å². The van der Waals surface area contributed by atoms with Crippen LogP contribution in [0.3, 0.4) is 0 Å². The summed E-state index contributed by atoms with van der Waals surface area (Å²) in [5, 5.41) is 12.2. The first kappa shape index (κ1) is 17.5. The second-order valence-electron chi connectivity index (χ2n) is 5.63. The molecule has 0 amide bonds. The number of hydrogen-bond acceptors (Lipinski definition) is 4. The fourth-order valence-electron chi connectivity index (χ4n) is 2.39. The summed E-state index contributed by atoms with van der Waals surface area (Å²) in [6.07, 6.45) is 6.94. The highest BCUT2D eigenvalue weighted by molar-refractivity contribution is 5.92. The molecule has 0 radical (unpaired) electrons. The van der Waals surface area contributed by atoms with E-state index in [-0.39, 0.29) is 0 Å². The van der Waals surface area contributed by atoms with Crippen LogP contribution in [0.15, 0.2) is 58.9 Å². The van der Waals surface area contributed by atoms with Crippen molar-refractivity contribution in [3.8, 4) is 0 Å². The molecular formula is C18H22N4O2. The summed E-state index contributed by atoms with van der Waals surface area (Å²) in [5.41, 5.74) is 6.92. The zero-order valence-electron chi connectivity index (χ0n) is 13.7. The number of hydrogen-bond donors (Lipinski definition) is 3. The summed E-state index contributed by atoms with van der Waals surface area (Å²) in [5.74, 6) is 0.175. The van der Waals surface area contributed by atoms with E-state index in [0.29, 0.717) is 30.9 Å². The first-order valence-corrected chi connectivity index (χ1v) is 7.68. The van der Waals surface area contributed by atoms with Crippen LogP contribution in [-0.4, -0.2) is 30.2 Å². The van der Waals surface area contributed by atoms with Crippen LogP contribution in [0.5, 0.6) is 0 Å². The van der Waals surface area contributed by atoms with Crippen molar-refractivity contribution in [1.82, 2.24) is 5.32 Å². The Morgan fingerprint density at radius 1 is 1.42 bits per heavy atom. The molecule has 0 aliphatic heterocycles. The maximum absolute atomic E-state index is 11.3. The molecule has 6 heteroatoms. The van der Waals surface area contributed by atoms with E-state index in [1.54, 1.807) is 19.3 Å². The quantitative estimate of drug-likeness (QED) is 0.502. The number of aliphatic imine (C=N–C) groups is 2. The summed E-state index contributed by atoms with van der Waals surface area (Å²) < 4.78 is 0. The van der Waals surface area contributed by atoms with Crippen molar-refractivity contribution in [2.24, 2.45) is 15.7 Å². The Morgan fingerprint density at radius 3 is 2.58 bits per heavy atom. The Labute approximate surface area is 141 Å². The monoisotopic (exact) mass is 326 g/mol. The summed E-state index contributed by atoms with van der Waals surface area (Å²) in [6, 6.07) is 7.67. The topological polar surface area (TPSA) is 100 Å². The third-order valence-corrected chi connectivity index (χ3v) is 4.02. The lowest BCUT2D eigenvalue weighted by Gasteiger charge is -2.10. The van der Waals surface area contributed by atoms with Crippen molar-refractivity contribution < 1.29 is 9.90 Å². The van der Waals surface area contributed by atoms with Gasteiger partial charge in [0.05, 0.1) is 5.41 Å². The molecule has 1 fully saturated rings. The number of nitrogens with two attached hydrogens (primary N) is 1. The number of rotatable bonds is 8. The van der Waals surface area contributed by atoms with Crippen molar-refractivity contribution in [2.75, 3.05) is 7.05 Å². The normalized spacial score (nSPS) is 16.9. The van der Waals surface area contributed by atoms with Crippen molar-refractivity contribution in [3.05, 3.63) is 60.1 Å². The maximum atomic E-state index is 11.3. The second-order valence-corrected chi connectivity index (χ2v) is 5.63. The minimum atomic E-state index is -0.739. The van der Waals surface area contributed by atoms with Gasteiger partial charge in [-0.3, -0.25) is 9.79 Å². The molecule has 24 heavy (non-hydrogen) atoms. The van der Waals surface area contributed by atoms with E-state index in [1.807, 2.05) is 24.3 Å². The van der Waals surface area contributed by atoms with E-state index in [9.17, 15) is 9.90 Å². The average Bonchev–Trinajstić information content (AvgIpc) is 3.37. The molecule has 1 aromatic carbocycles. The van der Waals surface area contributed by atoms with Crippen molar-refractivity contribution in [3.63, 3.8) is 0 Å². The van der Waals surface area contributed by atoms with Crippen LogP contribution in [0.4, 0.5) is 0 Å². The largest absolute Gasteiger partial charge is 0.481 e. The molecule has 0 atom stereocenters. The Balaban J connectivity index is 2.02. The predicted molar refractivity (Wildman–Crippen MR) is 96.1 cm³/mol. The minimum absolute atomic E-state index is 0.365. The van der Waals surface area contributed by atoms with Gasteiger partial charge in [0, 0.05) is 25.8 Å². The van der Waals surface area contributed by atoms with Crippen LogP contribution in [0, 0.1) is 0 Å². The van der Waals surface area contributed by atoms with Gasteiger partial charge in [-0.25, -0.2) is 4.99 Å². The highest BCUT2D eigenvalue weighted by Crippen LogP contribution is 2.48. The molecule has 1 aliphatic rings. The number of benzene rings is 1. The summed E-state index contributed by atoms with van der Waals surface area (Å²) in [6.45, 7) is 3.60. The third-order valence-electron chi connectivity index (χ3n) is 4.02. The summed E-state index contributed by atoms with van der Waals surface area (Å²) >= 11 is 0. The Morgan fingerprint density at radius 2 is 2.08 bits per heavy atom. The lowest BCUT2D eigenvalue weighted by atomic mass is 9.95. The molecule has 6 nitrogen and oxygen atoms in total. The molecule has 2 rings (SSSR count). The van der Waals surface area contributed by atoms with Gasteiger partial charge in [0.25, 0.3) is 0 Å². The molecule has 1 aliphatic carbocycles. The fraction of sp³-hybridized carbons (Fsp3) is 0.278. The van der Waals surface area contributed by atoms with E-state index >= 15 is 0 Å². The van der Waals surface area contributed by atoms with Gasteiger partial charge in [0.15, 0.2) is 0 Å². The van der Waals surface area contributed by atoms with E-state index in [0.717, 1.165) is 11.1 Å². The molecular weight excluding hydrogens is 304 g/mol. The zero-order chi connectivity index (χ0) is 17.6. The lowest BCUT2D eigenvalue weighted by molar-refractivity contribution is -0.140. The van der Waals surface area contributed by atoms with Crippen molar-refractivity contribution in [2.45, 2.75) is 24.7 Å². The van der Waals surface area contributed by atoms with Gasteiger partial charge in [-0.1, -0.05) is 30.8 Å². The van der Waals surface area contributed by atoms with E-state index < -0.39 is 11.4 Å². The number of aliphatic carboxylic acids is 1. The Kier molecular flexibility index (Phi) is 5.52. The molecule has 0 heterocycles. The number of carboxylic acids is 1. The molecule has 0 saturated heterocycles. The standard InChI is InChI=1S/C18H22N4O2/c1-3-21-16(12-15(19)20-2)22-11-8-13-4-6-14(7-5-13)18(9-10-18)17(23)24/h3-7,11-12,21H,1,8-10H2,2H3,(H2,19,20)(H,23,24). The van der Waals surface area contributed by atoms with Gasteiger partial charge in [-0.15, -0.1) is 0 Å². The molecule has 1 saturated carbocycles.